The van der Waals surface area contributed by atoms with Crippen molar-refractivity contribution < 1.29 is 0 Å². The summed E-state index contributed by atoms with van der Waals surface area (Å²) < 4.78 is 2.06. The van der Waals surface area contributed by atoms with E-state index in [-0.39, 0.29) is 5.41 Å². The molecule has 1 N–H and O–H groups in total. The maximum Gasteiger partial charge on any atom is 0.0847 e. The zero-order valence-corrected chi connectivity index (χ0v) is 14.2. The van der Waals surface area contributed by atoms with Crippen LogP contribution in [0.5, 0.6) is 0 Å². The summed E-state index contributed by atoms with van der Waals surface area (Å²) in [6.45, 7) is 13.0. The standard InChI is InChI=1S/C16H28ClN3/c1-6-20-14(15(17)11(2)19-20)9-12(16(3,4)5)10-18-13-7-8-13/h12-13,18H,6-10H2,1-5H3. The van der Waals surface area contributed by atoms with Crippen LogP contribution in [0.1, 0.15) is 51.9 Å². The van der Waals surface area contributed by atoms with Crippen molar-refractivity contribution >= 4 is 11.6 Å². The predicted octanol–water partition coefficient (Wildman–Crippen LogP) is 3.82. The molecule has 20 heavy (non-hydrogen) atoms. The maximum absolute atomic E-state index is 6.46. The largest absolute Gasteiger partial charge is 0.314 e. The first-order valence-electron chi connectivity index (χ1n) is 7.78. The van der Waals surface area contributed by atoms with Gasteiger partial charge in [-0.15, -0.1) is 0 Å². The molecule has 1 unspecified atom stereocenters. The van der Waals surface area contributed by atoms with E-state index in [2.05, 4.69) is 42.8 Å². The molecule has 1 aliphatic carbocycles. The molecule has 0 spiro atoms. The van der Waals surface area contributed by atoms with Crippen molar-refractivity contribution in [3.05, 3.63) is 16.4 Å². The van der Waals surface area contributed by atoms with Gasteiger partial charge in [0.05, 0.1) is 16.4 Å². The number of nitrogens with zero attached hydrogens (tertiary/aromatic N) is 2. The van der Waals surface area contributed by atoms with Crippen molar-refractivity contribution in [1.82, 2.24) is 15.1 Å². The second-order valence-corrected chi connectivity index (χ2v) is 7.49. The summed E-state index contributed by atoms with van der Waals surface area (Å²) in [4.78, 5) is 0. The third kappa shape index (κ3) is 3.76. The molecule has 0 aliphatic heterocycles. The van der Waals surface area contributed by atoms with Gasteiger partial charge in [0.1, 0.15) is 0 Å². The maximum atomic E-state index is 6.46. The van der Waals surface area contributed by atoms with E-state index < -0.39 is 0 Å². The zero-order valence-electron chi connectivity index (χ0n) is 13.5. The highest BCUT2D eigenvalue weighted by Gasteiger charge is 2.30. The van der Waals surface area contributed by atoms with Gasteiger partial charge in [-0.2, -0.15) is 5.10 Å². The number of hydrogen-bond donors (Lipinski definition) is 1. The lowest BCUT2D eigenvalue weighted by molar-refractivity contribution is 0.226. The van der Waals surface area contributed by atoms with Gasteiger partial charge < -0.3 is 5.32 Å². The number of halogens is 1. The van der Waals surface area contributed by atoms with Crippen LogP contribution in [-0.4, -0.2) is 22.4 Å². The third-order valence-electron chi connectivity index (χ3n) is 4.35. The van der Waals surface area contributed by atoms with Crippen molar-refractivity contribution in [1.29, 1.82) is 0 Å². The average molecular weight is 298 g/mol. The van der Waals surface area contributed by atoms with Crippen LogP contribution in [-0.2, 0) is 13.0 Å². The number of aryl methyl sites for hydroxylation is 2. The molecule has 4 heteroatoms. The summed E-state index contributed by atoms with van der Waals surface area (Å²) in [6, 6.07) is 0.758. The Labute approximate surface area is 128 Å². The molecule has 1 aromatic rings. The van der Waals surface area contributed by atoms with Gasteiger partial charge in [-0.1, -0.05) is 32.4 Å². The Morgan fingerprint density at radius 3 is 2.55 bits per heavy atom. The normalized spacial score (nSPS) is 17.5. The summed E-state index contributed by atoms with van der Waals surface area (Å²) in [5.74, 6) is 0.571. The molecule has 0 bridgehead atoms. The van der Waals surface area contributed by atoms with E-state index in [1.54, 1.807) is 0 Å². The van der Waals surface area contributed by atoms with Gasteiger partial charge >= 0.3 is 0 Å². The quantitative estimate of drug-likeness (QED) is 0.865. The molecular weight excluding hydrogens is 270 g/mol. The Bertz CT molecular complexity index is 455. The minimum atomic E-state index is 0.266. The molecule has 0 saturated heterocycles. The van der Waals surface area contributed by atoms with E-state index in [9.17, 15) is 0 Å². The molecule has 1 aliphatic rings. The first-order valence-corrected chi connectivity index (χ1v) is 8.15. The Kier molecular flexibility index (Phi) is 4.80. The van der Waals surface area contributed by atoms with Crippen LogP contribution < -0.4 is 5.32 Å². The first kappa shape index (κ1) is 15.8. The van der Waals surface area contributed by atoms with Crippen LogP contribution in [0.3, 0.4) is 0 Å². The van der Waals surface area contributed by atoms with Crippen LogP contribution in [0.2, 0.25) is 5.02 Å². The number of nitrogens with one attached hydrogen (secondary N) is 1. The van der Waals surface area contributed by atoms with E-state index in [0.29, 0.717) is 5.92 Å². The smallest absolute Gasteiger partial charge is 0.0847 e. The highest BCUT2D eigenvalue weighted by molar-refractivity contribution is 6.31. The highest BCUT2D eigenvalue weighted by atomic mass is 35.5. The van der Waals surface area contributed by atoms with E-state index in [1.165, 1.54) is 18.5 Å². The summed E-state index contributed by atoms with van der Waals surface area (Å²) in [5.41, 5.74) is 2.41. The monoisotopic (exact) mass is 297 g/mol. The Hall–Kier alpha value is -0.540. The fourth-order valence-electron chi connectivity index (χ4n) is 2.58. The summed E-state index contributed by atoms with van der Waals surface area (Å²) in [5, 5.41) is 9.06. The lowest BCUT2D eigenvalue weighted by Gasteiger charge is -2.31. The summed E-state index contributed by atoms with van der Waals surface area (Å²) >= 11 is 6.46. The molecule has 114 valence electrons. The average Bonchev–Trinajstić information content (AvgIpc) is 3.14. The second-order valence-electron chi connectivity index (χ2n) is 7.11. The fraction of sp³-hybridized carbons (Fsp3) is 0.812. The van der Waals surface area contributed by atoms with Crippen LogP contribution >= 0.6 is 11.6 Å². The van der Waals surface area contributed by atoms with Gasteiger partial charge in [-0.05, 0) is 51.0 Å². The van der Waals surface area contributed by atoms with Crippen LogP contribution in [0.4, 0.5) is 0 Å². The molecule has 3 nitrogen and oxygen atoms in total. The lowest BCUT2D eigenvalue weighted by Crippen LogP contribution is -2.35. The SMILES string of the molecule is CCn1nc(C)c(Cl)c1CC(CNC1CC1)C(C)(C)C. The van der Waals surface area contributed by atoms with E-state index >= 15 is 0 Å². The van der Waals surface area contributed by atoms with E-state index in [4.69, 9.17) is 11.6 Å². The van der Waals surface area contributed by atoms with Gasteiger partial charge in [0.2, 0.25) is 0 Å². The zero-order chi connectivity index (χ0) is 14.9. The summed E-state index contributed by atoms with van der Waals surface area (Å²) in [7, 11) is 0. The van der Waals surface area contributed by atoms with Gasteiger partial charge in [-0.3, -0.25) is 4.68 Å². The number of aromatic nitrogens is 2. The van der Waals surface area contributed by atoms with Crippen molar-refractivity contribution in [2.75, 3.05) is 6.54 Å². The molecule has 1 atom stereocenters. The molecule has 1 aromatic heterocycles. The fourth-order valence-corrected chi connectivity index (χ4v) is 2.79. The molecule has 0 aromatic carbocycles. The van der Waals surface area contributed by atoms with Gasteiger partial charge in [-0.25, -0.2) is 0 Å². The van der Waals surface area contributed by atoms with Crippen molar-refractivity contribution in [2.45, 2.75) is 66.5 Å². The van der Waals surface area contributed by atoms with Gasteiger partial charge in [0.15, 0.2) is 0 Å². The molecule has 2 rings (SSSR count). The Morgan fingerprint density at radius 2 is 2.05 bits per heavy atom. The van der Waals surface area contributed by atoms with Crippen LogP contribution in [0.25, 0.3) is 0 Å². The minimum absolute atomic E-state index is 0.266. The predicted molar refractivity (Wildman–Crippen MR) is 85.3 cm³/mol. The second kappa shape index (κ2) is 6.07. The third-order valence-corrected chi connectivity index (χ3v) is 4.84. The van der Waals surface area contributed by atoms with Crippen LogP contribution in [0, 0.1) is 18.3 Å². The first-order chi connectivity index (χ1) is 9.32. The molecule has 1 saturated carbocycles. The highest BCUT2D eigenvalue weighted by Crippen LogP contribution is 2.32. The Morgan fingerprint density at radius 1 is 1.40 bits per heavy atom. The van der Waals surface area contributed by atoms with E-state index in [0.717, 1.165) is 36.3 Å². The molecule has 1 heterocycles. The summed E-state index contributed by atoms with van der Waals surface area (Å²) in [6.07, 6.45) is 3.67. The topological polar surface area (TPSA) is 29.9 Å². The molecular formula is C16H28ClN3. The Balaban J connectivity index is 2.13. The van der Waals surface area contributed by atoms with Crippen LogP contribution in [0.15, 0.2) is 0 Å². The number of rotatable bonds is 6. The lowest BCUT2D eigenvalue weighted by atomic mass is 9.78. The molecule has 0 amide bonds. The van der Waals surface area contributed by atoms with E-state index in [1.807, 2.05) is 6.92 Å². The minimum Gasteiger partial charge on any atom is -0.314 e. The number of hydrogen-bond acceptors (Lipinski definition) is 2. The van der Waals surface area contributed by atoms with Gasteiger partial charge in [0, 0.05) is 12.6 Å². The molecule has 0 radical (unpaired) electrons. The van der Waals surface area contributed by atoms with Crippen molar-refractivity contribution in [3.63, 3.8) is 0 Å². The van der Waals surface area contributed by atoms with Gasteiger partial charge in [0.25, 0.3) is 0 Å². The molecule has 1 fully saturated rings. The van der Waals surface area contributed by atoms with Crippen molar-refractivity contribution in [3.8, 4) is 0 Å². The van der Waals surface area contributed by atoms with Crippen molar-refractivity contribution in [2.24, 2.45) is 11.3 Å².